The Hall–Kier alpha value is -4.64. The molecule has 0 amide bonds. The number of sulfonamides is 1. The van der Waals surface area contributed by atoms with Gasteiger partial charge in [0.25, 0.3) is 15.9 Å². The van der Waals surface area contributed by atoms with Crippen LogP contribution in [0.4, 0.5) is 5.82 Å². The molecule has 0 saturated carbocycles. The minimum absolute atomic E-state index is 0.00327. The third-order valence-corrected chi connectivity index (χ3v) is 5.96. The molecule has 37 heavy (non-hydrogen) atoms. The maximum absolute atomic E-state index is 13.0. The quantitative estimate of drug-likeness (QED) is 0.315. The molecule has 0 spiro atoms. The van der Waals surface area contributed by atoms with Crippen LogP contribution in [-0.4, -0.2) is 44.7 Å². The van der Waals surface area contributed by atoms with E-state index in [0.717, 1.165) is 5.41 Å². The molecule has 2 aromatic heterocycles. The molecule has 0 radical (unpaired) electrons. The Balaban J connectivity index is 1.80. The van der Waals surface area contributed by atoms with Crippen LogP contribution >= 0.6 is 0 Å². The summed E-state index contributed by atoms with van der Waals surface area (Å²) in [5.74, 6) is 1.10. The number of aromatic nitrogens is 3. The molecule has 11 heteroatoms. The molecule has 0 aliphatic carbocycles. The molecule has 0 unspecified atom stereocenters. The average Bonchev–Trinajstić information content (AvgIpc) is 2.93. The van der Waals surface area contributed by atoms with Crippen molar-refractivity contribution < 1.29 is 27.4 Å². The fourth-order valence-electron chi connectivity index (χ4n) is 3.21. The van der Waals surface area contributed by atoms with Gasteiger partial charge in [0.15, 0.2) is 23.1 Å². The van der Waals surface area contributed by atoms with Crippen molar-refractivity contribution in [1.82, 2.24) is 15.0 Å². The van der Waals surface area contributed by atoms with E-state index in [-0.39, 0.29) is 23.3 Å². The van der Waals surface area contributed by atoms with Gasteiger partial charge < -0.3 is 18.9 Å². The summed E-state index contributed by atoms with van der Waals surface area (Å²) in [4.78, 5) is 13.0. The second kappa shape index (κ2) is 11.4. The number of para-hydroxylation sites is 2. The van der Waals surface area contributed by atoms with Gasteiger partial charge in [0, 0.05) is 17.8 Å². The van der Waals surface area contributed by atoms with Crippen molar-refractivity contribution in [2.45, 2.75) is 0 Å². The SMILES string of the molecule is COc1ccc(-c2nc(NS(=O)(=O)C=Cc3ccccc3)c(Oc3ccccc3OC)c(OC)n2)cn1. The van der Waals surface area contributed by atoms with Crippen molar-refractivity contribution in [2.75, 3.05) is 26.1 Å². The molecule has 0 saturated heterocycles. The van der Waals surface area contributed by atoms with E-state index in [1.54, 1.807) is 48.5 Å². The largest absolute Gasteiger partial charge is 0.493 e. The molecule has 0 aliphatic rings. The van der Waals surface area contributed by atoms with Crippen LogP contribution in [0.25, 0.3) is 17.5 Å². The molecule has 2 aromatic carbocycles. The first-order chi connectivity index (χ1) is 17.9. The molecule has 190 valence electrons. The maximum atomic E-state index is 13.0. The van der Waals surface area contributed by atoms with E-state index in [1.165, 1.54) is 33.6 Å². The smallest absolute Gasteiger partial charge is 0.263 e. The minimum Gasteiger partial charge on any atom is -0.493 e. The van der Waals surface area contributed by atoms with Gasteiger partial charge >= 0.3 is 0 Å². The third kappa shape index (κ3) is 6.33. The van der Waals surface area contributed by atoms with E-state index in [9.17, 15) is 8.42 Å². The van der Waals surface area contributed by atoms with Crippen molar-refractivity contribution in [3.8, 4) is 40.4 Å². The van der Waals surface area contributed by atoms with Gasteiger partial charge in [0.2, 0.25) is 11.6 Å². The van der Waals surface area contributed by atoms with Gasteiger partial charge in [-0.2, -0.15) is 4.98 Å². The van der Waals surface area contributed by atoms with E-state index in [1.807, 2.05) is 18.2 Å². The molecule has 2 heterocycles. The molecule has 0 atom stereocenters. The van der Waals surface area contributed by atoms with E-state index < -0.39 is 10.0 Å². The Morgan fingerprint density at radius 2 is 1.54 bits per heavy atom. The van der Waals surface area contributed by atoms with Crippen LogP contribution in [0.2, 0.25) is 0 Å². The average molecular weight is 521 g/mol. The molecule has 0 bridgehead atoms. The lowest BCUT2D eigenvalue weighted by molar-refractivity contribution is 0.348. The summed E-state index contributed by atoms with van der Waals surface area (Å²) in [6.45, 7) is 0. The van der Waals surface area contributed by atoms with Gasteiger partial charge in [-0.15, -0.1) is 0 Å². The van der Waals surface area contributed by atoms with Crippen LogP contribution in [0.3, 0.4) is 0 Å². The highest BCUT2D eigenvalue weighted by molar-refractivity contribution is 7.95. The highest BCUT2D eigenvalue weighted by atomic mass is 32.2. The van der Waals surface area contributed by atoms with E-state index in [4.69, 9.17) is 18.9 Å². The van der Waals surface area contributed by atoms with Crippen molar-refractivity contribution in [1.29, 1.82) is 0 Å². The Bertz CT molecular complexity index is 1490. The van der Waals surface area contributed by atoms with Gasteiger partial charge in [-0.3, -0.25) is 4.72 Å². The second-order valence-corrected chi connectivity index (χ2v) is 9.00. The van der Waals surface area contributed by atoms with E-state index >= 15 is 0 Å². The topological polar surface area (TPSA) is 122 Å². The van der Waals surface area contributed by atoms with Gasteiger partial charge in [-0.05, 0) is 29.8 Å². The van der Waals surface area contributed by atoms with Crippen molar-refractivity contribution in [3.63, 3.8) is 0 Å². The lowest BCUT2D eigenvalue weighted by Gasteiger charge is -2.16. The number of benzene rings is 2. The predicted octanol–water partition coefficient (Wildman–Crippen LogP) is 4.77. The number of methoxy groups -OCH3 is 3. The summed E-state index contributed by atoms with van der Waals surface area (Å²) in [7, 11) is 0.364. The van der Waals surface area contributed by atoms with Crippen molar-refractivity contribution in [2.24, 2.45) is 0 Å². The molecule has 0 aliphatic heterocycles. The number of ether oxygens (including phenoxy) is 4. The van der Waals surface area contributed by atoms with Crippen LogP contribution in [-0.2, 0) is 10.0 Å². The summed E-state index contributed by atoms with van der Waals surface area (Å²) in [6, 6.07) is 19.2. The Morgan fingerprint density at radius 1 is 0.811 bits per heavy atom. The van der Waals surface area contributed by atoms with Crippen LogP contribution < -0.4 is 23.7 Å². The van der Waals surface area contributed by atoms with Crippen molar-refractivity contribution in [3.05, 3.63) is 83.9 Å². The zero-order chi connectivity index (χ0) is 26.3. The van der Waals surface area contributed by atoms with Crippen molar-refractivity contribution >= 4 is 21.9 Å². The first-order valence-electron chi connectivity index (χ1n) is 11.0. The summed E-state index contributed by atoms with van der Waals surface area (Å²) in [5, 5.41) is 1.04. The molecule has 1 N–H and O–H groups in total. The first kappa shape index (κ1) is 25.5. The fraction of sp³-hybridized carbons (Fsp3) is 0.115. The highest BCUT2D eigenvalue weighted by Gasteiger charge is 2.23. The normalized spacial score (nSPS) is 11.2. The summed E-state index contributed by atoms with van der Waals surface area (Å²) >= 11 is 0. The minimum atomic E-state index is -4.02. The summed E-state index contributed by atoms with van der Waals surface area (Å²) in [5.41, 5.74) is 1.21. The fourth-order valence-corrected chi connectivity index (χ4v) is 4.02. The molecular formula is C26H24N4O6S. The second-order valence-electron chi connectivity index (χ2n) is 7.44. The standard InChI is InChI=1S/C26H24N4O6S/c1-33-20-11-7-8-12-21(20)36-23-25(30-37(31,32)16-15-18-9-5-4-6-10-18)28-24(29-26(23)35-3)19-13-14-22(34-2)27-17-19/h4-17H,1-3H3,(H,28,29,30). The monoisotopic (exact) mass is 520 g/mol. The first-order valence-corrected chi connectivity index (χ1v) is 12.5. The number of anilines is 1. The zero-order valence-corrected chi connectivity index (χ0v) is 21.1. The Labute approximate surface area is 214 Å². The molecule has 4 aromatic rings. The van der Waals surface area contributed by atoms with Crippen LogP contribution in [0.5, 0.6) is 29.0 Å². The van der Waals surface area contributed by atoms with Crippen LogP contribution in [0, 0.1) is 0 Å². The van der Waals surface area contributed by atoms with E-state index in [0.29, 0.717) is 28.5 Å². The van der Waals surface area contributed by atoms with Gasteiger partial charge in [0.1, 0.15) is 0 Å². The summed E-state index contributed by atoms with van der Waals surface area (Å²) < 4.78 is 50.5. The lowest BCUT2D eigenvalue weighted by atomic mass is 10.2. The number of hydrogen-bond acceptors (Lipinski definition) is 9. The van der Waals surface area contributed by atoms with Crippen LogP contribution in [0.15, 0.2) is 78.3 Å². The highest BCUT2D eigenvalue weighted by Crippen LogP contribution is 2.41. The molecule has 10 nitrogen and oxygen atoms in total. The summed E-state index contributed by atoms with van der Waals surface area (Å²) in [6.07, 6.45) is 2.97. The van der Waals surface area contributed by atoms with E-state index in [2.05, 4.69) is 19.7 Å². The number of nitrogens with zero attached hydrogens (tertiary/aromatic N) is 3. The number of rotatable bonds is 10. The predicted molar refractivity (Wildman–Crippen MR) is 139 cm³/mol. The number of nitrogens with one attached hydrogen (secondary N) is 1. The third-order valence-electron chi connectivity index (χ3n) is 4.99. The number of hydrogen-bond donors (Lipinski definition) is 1. The zero-order valence-electron chi connectivity index (χ0n) is 20.3. The Kier molecular flexibility index (Phi) is 7.84. The van der Waals surface area contributed by atoms with Gasteiger partial charge in [0.05, 0.1) is 26.7 Å². The lowest BCUT2D eigenvalue weighted by Crippen LogP contribution is -2.13. The van der Waals surface area contributed by atoms with Crippen LogP contribution in [0.1, 0.15) is 5.56 Å². The van der Waals surface area contributed by atoms with Gasteiger partial charge in [-0.1, -0.05) is 42.5 Å². The maximum Gasteiger partial charge on any atom is 0.263 e. The molecular weight excluding hydrogens is 496 g/mol. The van der Waals surface area contributed by atoms with Gasteiger partial charge in [-0.25, -0.2) is 18.4 Å². The molecule has 4 rings (SSSR count). The number of pyridine rings is 1. The Morgan fingerprint density at radius 3 is 2.19 bits per heavy atom. The molecule has 0 fully saturated rings.